The third-order valence-corrected chi connectivity index (χ3v) is 2.55. The molecule has 6 heteroatoms. The van der Waals surface area contributed by atoms with Crippen molar-refractivity contribution < 1.29 is 4.39 Å². The number of benzene rings is 1. The molecule has 0 radical (unpaired) electrons. The molecule has 0 atom stereocenters. The zero-order chi connectivity index (χ0) is 11.5. The van der Waals surface area contributed by atoms with E-state index in [4.69, 9.17) is 5.73 Å². The smallest absolute Gasteiger partial charge is 0.149 e. The first-order valence-electron chi connectivity index (χ1n) is 4.45. The topological polar surface area (TPSA) is 63.8 Å². The lowest BCUT2D eigenvalue weighted by Crippen LogP contribution is -1.98. The molecule has 0 aliphatic carbocycles. The van der Waals surface area contributed by atoms with Gasteiger partial charge in [-0.05, 0) is 34.1 Å². The Hall–Kier alpha value is -1.69. The van der Waals surface area contributed by atoms with Crippen LogP contribution in [0, 0.1) is 5.82 Å². The molecule has 0 saturated heterocycles. The van der Waals surface area contributed by atoms with Crippen LogP contribution in [0.1, 0.15) is 0 Å². The third kappa shape index (κ3) is 2.46. The number of hydrogen-bond acceptors (Lipinski definition) is 4. The second-order valence-electron chi connectivity index (χ2n) is 3.08. The van der Waals surface area contributed by atoms with Crippen LogP contribution in [0.4, 0.5) is 21.7 Å². The predicted octanol–water partition coefficient (Wildman–Crippen LogP) is 2.70. The molecule has 2 aromatic rings. The summed E-state index contributed by atoms with van der Waals surface area (Å²) in [4.78, 5) is 7.87. The lowest BCUT2D eigenvalue weighted by Gasteiger charge is -2.07. The van der Waals surface area contributed by atoms with Crippen molar-refractivity contribution in [2.75, 3.05) is 11.1 Å². The molecule has 4 nitrogen and oxygen atoms in total. The van der Waals surface area contributed by atoms with Gasteiger partial charge in [0.05, 0.1) is 18.1 Å². The molecule has 1 aromatic carbocycles. The minimum absolute atomic E-state index is 0.325. The third-order valence-electron chi connectivity index (χ3n) is 1.86. The highest BCUT2D eigenvalue weighted by Gasteiger charge is 2.03. The molecule has 0 unspecified atom stereocenters. The summed E-state index contributed by atoms with van der Waals surface area (Å²) in [7, 11) is 0. The van der Waals surface area contributed by atoms with Crippen LogP contribution in [0.3, 0.4) is 0 Å². The molecule has 0 fully saturated rings. The number of rotatable bonds is 2. The molecular formula is C10H8BrFN4. The fourth-order valence-corrected chi connectivity index (χ4v) is 1.48. The van der Waals surface area contributed by atoms with Crippen LogP contribution in [-0.4, -0.2) is 9.97 Å². The molecule has 2 rings (SSSR count). The van der Waals surface area contributed by atoms with Gasteiger partial charge in [0.15, 0.2) is 0 Å². The zero-order valence-corrected chi connectivity index (χ0v) is 9.70. The quantitative estimate of drug-likeness (QED) is 0.889. The number of nitrogen functional groups attached to an aromatic ring is 1. The van der Waals surface area contributed by atoms with Gasteiger partial charge in [-0.1, -0.05) is 0 Å². The first-order chi connectivity index (χ1) is 7.65. The van der Waals surface area contributed by atoms with Crippen LogP contribution in [-0.2, 0) is 0 Å². The molecule has 16 heavy (non-hydrogen) atoms. The van der Waals surface area contributed by atoms with Crippen molar-refractivity contribution in [1.29, 1.82) is 0 Å². The van der Waals surface area contributed by atoms with Crippen molar-refractivity contribution in [3.63, 3.8) is 0 Å². The molecule has 1 aromatic heterocycles. The molecule has 0 amide bonds. The Balaban J connectivity index is 2.26. The molecule has 0 aliphatic heterocycles. The van der Waals surface area contributed by atoms with E-state index < -0.39 is 0 Å². The van der Waals surface area contributed by atoms with Crippen LogP contribution in [0.5, 0.6) is 0 Å². The number of nitrogens with zero attached hydrogens (tertiary/aromatic N) is 2. The number of nitrogens with two attached hydrogens (primary N) is 1. The second kappa shape index (κ2) is 4.44. The molecule has 0 aliphatic rings. The Labute approximate surface area is 99.9 Å². The number of aromatic nitrogens is 2. The van der Waals surface area contributed by atoms with Gasteiger partial charge in [0.2, 0.25) is 0 Å². The Kier molecular flexibility index (Phi) is 3.00. The van der Waals surface area contributed by atoms with Crippen molar-refractivity contribution in [2.24, 2.45) is 0 Å². The van der Waals surface area contributed by atoms with Gasteiger partial charge < -0.3 is 11.1 Å². The summed E-state index contributed by atoms with van der Waals surface area (Å²) in [6.07, 6.45) is 2.90. The first kappa shape index (κ1) is 10.8. The van der Waals surface area contributed by atoms with E-state index in [1.807, 2.05) is 0 Å². The van der Waals surface area contributed by atoms with Crippen molar-refractivity contribution in [1.82, 2.24) is 9.97 Å². The average molecular weight is 283 g/mol. The molecule has 3 N–H and O–H groups in total. The summed E-state index contributed by atoms with van der Waals surface area (Å²) in [6.45, 7) is 0. The first-order valence-corrected chi connectivity index (χ1v) is 5.24. The highest BCUT2D eigenvalue weighted by Crippen LogP contribution is 2.25. The summed E-state index contributed by atoms with van der Waals surface area (Å²) in [5.41, 5.74) is 5.99. The van der Waals surface area contributed by atoms with Gasteiger partial charge >= 0.3 is 0 Å². The Morgan fingerprint density at radius 1 is 1.25 bits per heavy atom. The van der Waals surface area contributed by atoms with Crippen molar-refractivity contribution >= 4 is 33.3 Å². The fraction of sp³-hybridized carbons (Fsp3) is 0. The lowest BCUT2D eigenvalue weighted by molar-refractivity contribution is 0.628. The molecule has 0 saturated carbocycles. The lowest BCUT2D eigenvalue weighted by atomic mass is 10.3. The van der Waals surface area contributed by atoms with E-state index in [0.29, 0.717) is 17.3 Å². The van der Waals surface area contributed by atoms with Gasteiger partial charge in [-0.25, -0.2) is 14.4 Å². The number of anilines is 3. The van der Waals surface area contributed by atoms with E-state index >= 15 is 0 Å². The van der Waals surface area contributed by atoms with Crippen LogP contribution in [0.25, 0.3) is 0 Å². The van der Waals surface area contributed by atoms with Gasteiger partial charge in [0, 0.05) is 4.47 Å². The van der Waals surface area contributed by atoms with E-state index in [2.05, 4.69) is 31.2 Å². The maximum absolute atomic E-state index is 13.0. The predicted molar refractivity (Wildman–Crippen MR) is 63.8 cm³/mol. The van der Waals surface area contributed by atoms with E-state index in [0.717, 1.165) is 4.47 Å². The number of nitrogens with one attached hydrogen (secondary N) is 1. The van der Waals surface area contributed by atoms with Gasteiger partial charge in [-0.15, -0.1) is 0 Å². The summed E-state index contributed by atoms with van der Waals surface area (Å²) in [6, 6.07) is 4.34. The number of hydrogen-bond donors (Lipinski definition) is 2. The molecule has 0 spiro atoms. The maximum atomic E-state index is 13.0. The van der Waals surface area contributed by atoms with Gasteiger partial charge in [-0.3, -0.25) is 0 Å². The molecular weight excluding hydrogens is 275 g/mol. The Morgan fingerprint density at radius 2 is 2.06 bits per heavy atom. The Bertz CT molecular complexity index is 501. The summed E-state index contributed by atoms with van der Waals surface area (Å²) < 4.78 is 13.7. The standard InChI is InChI=1S/C10H8BrFN4/c11-7-2-1-6(12)3-8(7)16-10-5-14-9(13)4-15-10/h1-5H,(H2,13,14)(H,15,16). The van der Waals surface area contributed by atoms with Gasteiger partial charge in [0.1, 0.15) is 17.5 Å². The van der Waals surface area contributed by atoms with E-state index in [9.17, 15) is 4.39 Å². The number of halogens is 2. The zero-order valence-electron chi connectivity index (χ0n) is 8.11. The second-order valence-corrected chi connectivity index (χ2v) is 3.93. The minimum Gasteiger partial charge on any atom is -0.382 e. The van der Waals surface area contributed by atoms with Crippen molar-refractivity contribution in [3.05, 3.63) is 40.9 Å². The minimum atomic E-state index is -0.325. The largest absolute Gasteiger partial charge is 0.382 e. The van der Waals surface area contributed by atoms with E-state index in [1.165, 1.54) is 24.5 Å². The monoisotopic (exact) mass is 282 g/mol. The molecule has 1 heterocycles. The highest BCUT2D eigenvalue weighted by atomic mass is 79.9. The van der Waals surface area contributed by atoms with E-state index in [1.54, 1.807) is 6.07 Å². The van der Waals surface area contributed by atoms with E-state index in [-0.39, 0.29) is 5.82 Å². The normalized spacial score (nSPS) is 10.1. The Morgan fingerprint density at radius 3 is 2.75 bits per heavy atom. The van der Waals surface area contributed by atoms with Gasteiger partial charge in [-0.2, -0.15) is 0 Å². The van der Waals surface area contributed by atoms with Crippen LogP contribution >= 0.6 is 15.9 Å². The summed E-state index contributed by atoms with van der Waals surface area (Å²) >= 11 is 3.30. The van der Waals surface area contributed by atoms with Crippen molar-refractivity contribution in [2.45, 2.75) is 0 Å². The van der Waals surface area contributed by atoms with Gasteiger partial charge in [0.25, 0.3) is 0 Å². The SMILES string of the molecule is Nc1cnc(Nc2cc(F)ccc2Br)cn1. The fourth-order valence-electron chi connectivity index (χ4n) is 1.13. The average Bonchev–Trinajstić information content (AvgIpc) is 2.27. The highest BCUT2D eigenvalue weighted by molar-refractivity contribution is 9.10. The van der Waals surface area contributed by atoms with Crippen LogP contribution < -0.4 is 11.1 Å². The summed E-state index contributed by atoms with van der Waals surface area (Å²) in [5.74, 6) is 0.512. The molecule has 82 valence electrons. The van der Waals surface area contributed by atoms with Crippen LogP contribution in [0.15, 0.2) is 35.1 Å². The van der Waals surface area contributed by atoms with Crippen molar-refractivity contribution in [3.8, 4) is 0 Å². The van der Waals surface area contributed by atoms with Crippen LogP contribution in [0.2, 0.25) is 0 Å². The maximum Gasteiger partial charge on any atom is 0.149 e. The molecule has 0 bridgehead atoms. The summed E-state index contributed by atoms with van der Waals surface area (Å²) in [5, 5.41) is 2.92.